The van der Waals surface area contributed by atoms with Crippen LogP contribution >= 0.6 is 15.9 Å². The molecule has 0 aliphatic rings. The van der Waals surface area contributed by atoms with E-state index < -0.39 is 5.97 Å². The van der Waals surface area contributed by atoms with Gasteiger partial charge in [0.25, 0.3) is 0 Å². The van der Waals surface area contributed by atoms with Gasteiger partial charge in [0.1, 0.15) is 0 Å². The normalized spacial score (nSPS) is 10.2. The van der Waals surface area contributed by atoms with E-state index in [9.17, 15) is 4.79 Å². The average molecular weight is 235 g/mol. The number of ether oxygens (including phenoxy) is 1. The number of hydrogen-bond donors (Lipinski definition) is 2. The number of nitrogens with one attached hydrogen (secondary N) is 1. The van der Waals surface area contributed by atoms with E-state index in [-0.39, 0.29) is 5.69 Å². The molecule has 0 radical (unpaired) electrons. The van der Waals surface area contributed by atoms with E-state index in [1.165, 1.54) is 7.11 Å². The number of aromatic carboxylic acids is 1. The van der Waals surface area contributed by atoms with Crippen LogP contribution in [0.1, 0.15) is 16.2 Å². The molecular weight excluding hydrogens is 228 g/mol. The minimum absolute atomic E-state index is 0.0259. The zero-order chi connectivity index (χ0) is 9.14. The molecule has 0 saturated heterocycles. The number of carboxylic acids is 1. The fourth-order valence-corrected chi connectivity index (χ4v) is 1.21. The van der Waals surface area contributed by atoms with E-state index in [2.05, 4.69) is 26.1 Å². The van der Waals surface area contributed by atoms with Gasteiger partial charge in [-0.15, -0.1) is 0 Å². The summed E-state index contributed by atoms with van der Waals surface area (Å²) in [5, 5.41) is 14.7. The number of rotatable bonds is 3. The number of H-pyrrole nitrogens is 1. The monoisotopic (exact) mass is 234 g/mol. The predicted molar refractivity (Wildman–Crippen MR) is 44.0 cm³/mol. The number of aromatic nitrogens is 2. The number of halogens is 1. The number of nitrogens with zero attached hydrogens (tertiary/aromatic N) is 1. The van der Waals surface area contributed by atoms with Crippen LogP contribution in [-0.2, 0) is 11.3 Å². The van der Waals surface area contributed by atoms with Crippen molar-refractivity contribution in [2.45, 2.75) is 6.61 Å². The highest BCUT2D eigenvalue weighted by Gasteiger charge is 2.15. The molecule has 12 heavy (non-hydrogen) atoms. The zero-order valence-corrected chi connectivity index (χ0v) is 7.88. The molecule has 0 fully saturated rings. The molecule has 66 valence electrons. The first-order chi connectivity index (χ1) is 5.66. The topological polar surface area (TPSA) is 75.2 Å². The molecule has 6 heteroatoms. The maximum absolute atomic E-state index is 10.5. The van der Waals surface area contributed by atoms with Crippen molar-refractivity contribution in [3.8, 4) is 0 Å². The number of hydrogen-bond acceptors (Lipinski definition) is 3. The minimum Gasteiger partial charge on any atom is -0.476 e. The fraction of sp³-hybridized carbons (Fsp3) is 0.333. The molecule has 0 spiro atoms. The van der Waals surface area contributed by atoms with Crippen molar-refractivity contribution in [1.29, 1.82) is 0 Å². The smallest absolute Gasteiger partial charge is 0.357 e. The van der Waals surface area contributed by atoms with Gasteiger partial charge >= 0.3 is 5.97 Å². The molecule has 0 saturated carbocycles. The molecule has 1 aromatic heterocycles. The molecule has 5 nitrogen and oxygen atoms in total. The van der Waals surface area contributed by atoms with E-state index in [0.29, 0.717) is 16.8 Å². The highest BCUT2D eigenvalue weighted by Crippen LogP contribution is 2.19. The maximum atomic E-state index is 10.5. The van der Waals surface area contributed by atoms with Crippen molar-refractivity contribution in [2.24, 2.45) is 0 Å². The number of methoxy groups -OCH3 is 1. The van der Waals surface area contributed by atoms with Crippen LogP contribution in [-0.4, -0.2) is 28.4 Å². The van der Waals surface area contributed by atoms with Crippen molar-refractivity contribution < 1.29 is 14.6 Å². The van der Waals surface area contributed by atoms with E-state index >= 15 is 0 Å². The van der Waals surface area contributed by atoms with Crippen molar-refractivity contribution in [3.63, 3.8) is 0 Å². The molecule has 1 aromatic rings. The first-order valence-corrected chi connectivity index (χ1v) is 3.91. The standard InChI is InChI=1S/C6H7BrN2O3/c1-12-2-3-4(7)5(6(10)11)9-8-3/h2H2,1H3,(H,8,9)(H,10,11). The van der Waals surface area contributed by atoms with Crippen LogP contribution in [0.3, 0.4) is 0 Å². The SMILES string of the molecule is COCc1[nH]nc(C(=O)O)c1Br. The fourth-order valence-electron chi connectivity index (χ4n) is 0.746. The Balaban J connectivity index is 2.96. The lowest BCUT2D eigenvalue weighted by atomic mass is 10.4. The molecule has 1 heterocycles. The molecule has 0 aliphatic heterocycles. The van der Waals surface area contributed by atoms with Crippen molar-refractivity contribution in [3.05, 3.63) is 15.9 Å². The van der Waals surface area contributed by atoms with E-state index in [4.69, 9.17) is 9.84 Å². The second kappa shape index (κ2) is 3.68. The van der Waals surface area contributed by atoms with Crippen LogP contribution in [0, 0.1) is 0 Å². The van der Waals surface area contributed by atoms with Gasteiger partial charge in [-0.3, -0.25) is 5.10 Å². The first-order valence-electron chi connectivity index (χ1n) is 3.11. The number of carboxylic acid groups (broad SMARTS) is 1. The summed E-state index contributed by atoms with van der Waals surface area (Å²) in [6.07, 6.45) is 0. The van der Waals surface area contributed by atoms with Gasteiger partial charge in [0, 0.05) is 7.11 Å². The molecule has 0 aromatic carbocycles. The third-order valence-corrected chi connectivity index (χ3v) is 2.12. The van der Waals surface area contributed by atoms with Gasteiger partial charge < -0.3 is 9.84 Å². The maximum Gasteiger partial charge on any atom is 0.357 e. The van der Waals surface area contributed by atoms with Crippen LogP contribution in [0.15, 0.2) is 4.47 Å². The van der Waals surface area contributed by atoms with Gasteiger partial charge in [0.2, 0.25) is 0 Å². The highest BCUT2D eigenvalue weighted by atomic mass is 79.9. The minimum atomic E-state index is -1.07. The lowest BCUT2D eigenvalue weighted by Gasteiger charge is -1.93. The van der Waals surface area contributed by atoms with Gasteiger partial charge in [0.05, 0.1) is 16.8 Å². The van der Waals surface area contributed by atoms with Gasteiger partial charge in [-0.05, 0) is 15.9 Å². The largest absolute Gasteiger partial charge is 0.476 e. The van der Waals surface area contributed by atoms with Gasteiger partial charge in [0.15, 0.2) is 5.69 Å². The number of carbonyl (C=O) groups is 1. The van der Waals surface area contributed by atoms with Crippen LogP contribution in [0.4, 0.5) is 0 Å². The molecular formula is C6H7BrN2O3. The summed E-state index contributed by atoms with van der Waals surface area (Å²) < 4.78 is 5.25. The van der Waals surface area contributed by atoms with Gasteiger partial charge in [-0.25, -0.2) is 4.79 Å². The summed E-state index contributed by atoms with van der Waals surface area (Å²) in [7, 11) is 1.52. The quantitative estimate of drug-likeness (QED) is 0.819. The lowest BCUT2D eigenvalue weighted by molar-refractivity contribution is 0.0689. The van der Waals surface area contributed by atoms with Gasteiger partial charge in [-0.1, -0.05) is 0 Å². The first kappa shape index (κ1) is 9.21. The Morgan fingerprint density at radius 2 is 2.50 bits per heavy atom. The zero-order valence-electron chi connectivity index (χ0n) is 6.30. The van der Waals surface area contributed by atoms with Crippen LogP contribution < -0.4 is 0 Å². The second-order valence-electron chi connectivity index (χ2n) is 2.10. The average Bonchev–Trinajstić information content (AvgIpc) is 2.34. The predicted octanol–water partition coefficient (Wildman–Crippen LogP) is 1.02. The van der Waals surface area contributed by atoms with Crippen molar-refractivity contribution in [2.75, 3.05) is 7.11 Å². The summed E-state index contributed by atoms with van der Waals surface area (Å²) in [4.78, 5) is 10.5. The van der Waals surface area contributed by atoms with Crippen LogP contribution in [0.25, 0.3) is 0 Å². The Kier molecular flexibility index (Phi) is 2.83. The molecule has 0 amide bonds. The summed E-state index contributed by atoms with van der Waals surface area (Å²) in [6, 6.07) is 0. The molecule has 2 N–H and O–H groups in total. The summed E-state index contributed by atoms with van der Waals surface area (Å²) >= 11 is 3.10. The molecule has 0 bridgehead atoms. The Morgan fingerprint density at radius 1 is 1.83 bits per heavy atom. The molecule has 0 unspecified atom stereocenters. The molecule has 1 rings (SSSR count). The van der Waals surface area contributed by atoms with Crippen molar-refractivity contribution >= 4 is 21.9 Å². The Bertz CT molecular complexity index is 297. The summed E-state index contributed by atoms with van der Waals surface area (Å²) in [5.41, 5.74) is 0.594. The van der Waals surface area contributed by atoms with Crippen LogP contribution in [0.2, 0.25) is 0 Å². The van der Waals surface area contributed by atoms with E-state index in [1.807, 2.05) is 0 Å². The van der Waals surface area contributed by atoms with Crippen molar-refractivity contribution in [1.82, 2.24) is 10.2 Å². The van der Waals surface area contributed by atoms with E-state index in [1.54, 1.807) is 0 Å². The number of aromatic amines is 1. The molecule has 0 atom stereocenters. The second-order valence-corrected chi connectivity index (χ2v) is 2.90. The highest BCUT2D eigenvalue weighted by molar-refractivity contribution is 9.10. The lowest BCUT2D eigenvalue weighted by Crippen LogP contribution is -1.97. The Hall–Kier alpha value is -0.880. The Morgan fingerprint density at radius 3 is 2.92 bits per heavy atom. The summed E-state index contributed by atoms with van der Waals surface area (Å²) in [5.74, 6) is -1.07. The van der Waals surface area contributed by atoms with E-state index in [0.717, 1.165) is 0 Å². The van der Waals surface area contributed by atoms with Gasteiger partial charge in [-0.2, -0.15) is 5.10 Å². The third-order valence-electron chi connectivity index (χ3n) is 1.27. The summed E-state index contributed by atoms with van der Waals surface area (Å²) in [6.45, 7) is 0.306. The third kappa shape index (κ3) is 1.64. The molecule has 0 aliphatic carbocycles. The Labute approximate surface area is 76.9 Å². The van der Waals surface area contributed by atoms with Crippen LogP contribution in [0.5, 0.6) is 0 Å².